The summed E-state index contributed by atoms with van der Waals surface area (Å²) in [6, 6.07) is -4.18. The highest BCUT2D eigenvalue weighted by atomic mass is 32.1. The van der Waals surface area contributed by atoms with Crippen LogP contribution in [-0.2, 0) is 47.8 Å². The second-order valence-corrected chi connectivity index (χ2v) is 11.9. The van der Waals surface area contributed by atoms with Crippen LogP contribution in [0.4, 0.5) is 0 Å². The molecule has 10 N–H and O–H groups in total. The van der Waals surface area contributed by atoms with Crippen LogP contribution in [0.5, 0.6) is 0 Å². The van der Waals surface area contributed by atoms with E-state index in [9.17, 15) is 38.4 Å². The highest BCUT2D eigenvalue weighted by Crippen LogP contribution is 1.99. The molecule has 0 saturated carbocycles. The highest BCUT2D eigenvalue weighted by molar-refractivity contribution is 7.80. The van der Waals surface area contributed by atoms with E-state index >= 15 is 0 Å². The number of carboxylic acids is 2. The second-order valence-electron chi connectivity index (χ2n) is 11.2. The summed E-state index contributed by atoms with van der Waals surface area (Å²) in [5.74, 6) is -5.36. The van der Waals surface area contributed by atoms with Crippen LogP contribution in [0.1, 0.15) is 53.4 Å². The number of thiol groups is 2. The molecule has 0 saturated heterocycles. The third kappa shape index (κ3) is 24.5. The molecule has 0 aliphatic carbocycles. The third-order valence-electron chi connectivity index (χ3n) is 5.64. The lowest BCUT2D eigenvalue weighted by Gasteiger charge is -2.16. The zero-order chi connectivity index (χ0) is 37.4. The molecule has 4 atom stereocenters. The number of carbonyl (C=O) groups excluding carboxylic acids is 6. The van der Waals surface area contributed by atoms with Gasteiger partial charge in [-0.3, -0.25) is 38.4 Å². The molecule has 0 aromatic carbocycles. The van der Waals surface area contributed by atoms with Crippen LogP contribution in [0.15, 0.2) is 0 Å². The van der Waals surface area contributed by atoms with E-state index in [4.69, 9.17) is 31.2 Å². The van der Waals surface area contributed by atoms with Gasteiger partial charge in [-0.25, -0.2) is 0 Å². The van der Waals surface area contributed by atoms with Crippen LogP contribution in [0.2, 0.25) is 0 Å². The van der Waals surface area contributed by atoms with Crippen molar-refractivity contribution in [2.45, 2.75) is 77.5 Å². The first-order valence-electron chi connectivity index (χ1n) is 15.0. The van der Waals surface area contributed by atoms with Crippen molar-refractivity contribution < 1.29 is 58.0 Å². The lowest BCUT2D eigenvalue weighted by Crippen LogP contribution is -2.49. The monoisotopic (exact) mass is 726 g/mol. The Balaban J connectivity index is 0. The fourth-order valence-corrected chi connectivity index (χ4v) is 3.44. The van der Waals surface area contributed by atoms with Crippen LogP contribution < -0.4 is 32.7 Å². The maximum atomic E-state index is 11.9. The smallest absolute Gasteiger partial charge is 0.325 e. The van der Waals surface area contributed by atoms with Gasteiger partial charge in [0, 0.05) is 24.3 Å². The molecule has 0 aliphatic heterocycles. The van der Waals surface area contributed by atoms with Crippen LogP contribution in [-0.4, -0.2) is 120 Å². The number of carboxylic acid groups (broad SMARTS) is 2. The Kier molecular flexibility index (Phi) is 25.5. The average molecular weight is 727 g/mol. The van der Waals surface area contributed by atoms with Gasteiger partial charge in [0.05, 0.1) is 13.2 Å². The molecule has 0 heterocycles. The molecule has 0 rings (SSSR count). The fraction of sp³-hybridized carbons (Fsp3) is 0.714. The van der Waals surface area contributed by atoms with E-state index in [1.165, 1.54) is 0 Å². The average Bonchev–Trinajstić information content (AvgIpc) is 3.02. The first-order valence-corrected chi connectivity index (χ1v) is 16.2. The molecule has 0 aliphatic rings. The van der Waals surface area contributed by atoms with E-state index in [0.717, 1.165) is 0 Å². The molecule has 0 fully saturated rings. The van der Waals surface area contributed by atoms with Crippen molar-refractivity contribution in [1.82, 2.24) is 21.3 Å². The van der Waals surface area contributed by atoms with E-state index in [2.05, 4.69) is 46.5 Å². The number of aliphatic carboxylic acids is 2. The standard InChI is InChI=1S/2C14H25N3O6S/c2*1-8(2)6-23-12(19)5-16-13(20)10(7-24)17-11(18)4-3-9(15)14(21)22/h2*8-10,24H,3-7,15H2,1-2H3,(H,16,20)(H,17,18)(H,21,22)/t9-,10-;/m0./s1. The lowest BCUT2D eigenvalue weighted by molar-refractivity contribution is -0.145. The first-order chi connectivity index (χ1) is 22.3. The van der Waals surface area contributed by atoms with Gasteiger partial charge in [-0.1, -0.05) is 27.7 Å². The molecule has 20 heteroatoms. The minimum Gasteiger partial charge on any atom is -0.480 e. The van der Waals surface area contributed by atoms with Crippen LogP contribution in [0.25, 0.3) is 0 Å². The van der Waals surface area contributed by atoms with Crippen molar-refractivity contribution in [3.05, 3.63) is 0 Å². The van der Waals surface area contributed by atoms with Crippen molar-refractivity contribution in [2.75, 3.05) is 37.8 Å². The summed E-state index contributed by atoms with van der Waals surface area (Å²) in [5, 5.41) is 26.8. The van der Waals surface area contributed by atoms with Gasteiger partial charge < -0.3 is 52.4 Å². The van der Waals surface area contributed by atoms with Gasteiger partial charge in [0.1, 0.15) is 37.3 Å². The molecule has 0 spiro atoms. The summed E-state index contributed by atoms with van der Waals surface area (Å²) in [7, 11) is 0. The van der Waals surface area contributed by atoms with Crippen LogP contribution >= 0.6 is 25.3 Å². The van der Waals surface area contributed by atoms with Crippen LogP contribution in [0.3, 0.4) is 0 Å². The molecule has 0 aromatic heterocycles. The van der Waals surface area contributed by atoms with Crippen LogP contribution in [0, 0.1) is 11.8 Å². The lowest BCUT2D eigenvalue weighted by atomic mass is 10.1. The number of ether oxygens (including phenoxy) is 2. The maximum Gasteiger partial charge on any atom is 0.325 e. The van der Waals surface area contributed by atoms with Crippen molar-refractivity contribution >= 4 is 72.8 Å². The van der Waals surface area contributed by atoms with Gasteiger partial charge in [-0.15, -0.1) is 0 Å². The normalized spacial score (nSPS) is 13.0. The molecule has 0 bridgehead atoms. The van der Waals surface area contributed by atoms with Crippen molar-refractivity contribution in [1.29, 1.82) is 0 Å². The minimum atomic E-state index is -1.20. The van der Waals surface area contributed by atoms with Gasteiger partial charge in [-0.05, 0) is 24.7 Å². The van der Waals surface area contributed by atoms with Crippen molar-refractivity contribution in [2.24, 2.45) is 23.3 Å². The minimum absolute atomic E-state index is 0.0175. The largest absolute Gasteiger partial charge is 0.480 e. The number of carbonyl (C=O) groups is 8. The van der Waals surface area contributed by atoms with Gasteiger partial charge in [0.15, 0.2) is 0 Å². The van der Waals surface area contributed by atoms with E-state index in [1.54, 1.807) is 0 Å². The van der Waals surface area contributed by atoms with Crippen molar-refractivity contribution in [3.63, 3.8) is 0 Å². The van der Waals surface area contributed by atoms with Gasteiger partial charge >= 0.3 is 23.9 Å². The number of hydrogen-bond acceptors (Lipinski definition) is 14. The number of nitrogens with one attached hydrogen (secondary N) is 4. The maximum absolute atomic E-state index is 11.9. The molecule has 276 valence electrons. The SMILES string of the molecule is CC(C)COC(=O)CNC(=O)C(CS)NC(=O)CCC(N)C(=O)O.CC(C)COC(=O)CNC(=O)[C@H](CS)NC(=O)CC[C@H](N)C(=O)O. The Labute approximate surface area is 290 Å². The third-order valence-corrected chi connectivity index (χ3v) is 6.37. The molecule has 2 unspecified atom stereocenters. The Bertz CT molecular complexity index is 998. The summed E-state index contributed by atoms with van der Waals surface area (Å²) in [6.45, 7) is 7.42. The summed E-state index contributed by atoms with van der Waals surface area (Å²) in [5.41, 5.74) is 10.6. The van der Waals surface area contributed by atoms with E-state index in [0.29, 0.717) is 0 Å². The Hall–Kier alpha value is -3.62. The number of hydrogen-bond donors (Lipinski definition) is 10. The van der Waals surface area contributed by atoms with E-state index in [1.807, 2.05) is 27.7 Å². The van der Waals surface area contributed by atoms with Gasteiger partial charge in [0.2, 0.25) is 23.6 Å². The van der Waals surface area contributed by atoms with E-state index in [-0.39, 0.29) is 75.3 Å². The topological polar surface area (TPSA) is 296 Å². The summed E-state index contributed by atoms with van der Waals surface area (Å²) < 4.78 is 9.81. The number of rotatable bonds is 22. The van der Waals surface area contributed by atoms with Gasteiger partial charge in [-0.2, -0.15) is 25.3 Å². The summed E-state index contributed by atoms with van der Waals surface area (Å²) >= 11 is 7.95. The van der Waals surface area contributed by atoms with Crippen molar-refractivity contribution in [3.8, 4) is 0 Å². The van der Waals surface area contributed by atoms with E-state index < -0.39 is 71.7 Å². The molecular formula is C28H50N6O12S2. The predicted octanol–water partition coefficient (Wildman–Crippen LogP) is -2.18. The summed E-state index contributed by atoms with van der Waals surface area (Å²) in [4.78, 5) is 91.1. The number of esters is 2. The highest BCUT2D eigenvalue weighted by Gasteiger charge is 2.23. The van der Waals surface area contributed by atoms with Gasteiger partial charge in [0.25, 0.3) is 0 Å². The predicted molar refractivity (Wildman–Crippen MR) is 179 cm³/mol. The second kappa shape index (κ2) is 26.3. The molecule has 0 aromatic rings. The molecule has 0 radical (unpaired) electrons. The number of amides is 4. The summed E-state index contributed by atoms with van der Waals surface area (Å²) in [6.07, 6.45) is -0.379. The molecule has 18 nitrogen and oxygen atoms in total. The Morgan fingerprint density at radius 2 is 0.938 bits per heavy atom. The quantitative estimate of drug-likeness (QED) is 0.0419. The molecular weight excluding hydrogens is 676 g/mol. The fourth-order valence-electron chi connectivity index (χ4n) is 2.93. The zero-order valence-corrected chi connectivity index (χ0v) is 29.4. The number of nitrogens with two attached hydrogens (primary N) is 2. The molecule has 4 amide bonds. The Morgan fingerprint density at radius 3 is 1.19 bits per heavy atom. The zero-order valence-electron chi connectivity index (χ0n) is 27.6. The first kappa shape index (κ1) is 46.5. The Morgan fingerprint density at radius 1 is 0.625 bits per heavy atom. The molecule has 48 heavy (non-hydrogen) atoms.